The van der Waals surface area contributed by atoms with Crippen molar-refractivity contribution < 1.29 is 20.1 Å². The second kappa shape index (κ2) is 30.8. The maximum absolute atomic E-state index is 5.67. The van der Waals surface area contributed by atoms with Gasteiger partial charge in [-0.3, -0.25) is 13.7 Å². The zero-order chi connectivity index (χ0) is 60.4. The van der Waals surface area contributed by atoms with Gasteiger partial charge in [0.1, 0.15) is 17.5 Å². The summed E-state index contributed by atoms with van der Waals surface area (Å²) < 4.78 is 12.4. The summed E-state index contributed by atoms with van der Waals surface area (Å²) in [4.78, 5) is 28.5. The predicted octanol–water partition coefficient (Wildman–Crippen LogP) is 17.5. The summed E-state index contributed by atoms with van der Waals surface area (Å²) in [5, 5.41) is 0. The van der Waals surface area contributed by atoms with E-state index in [9.17, 15) is 0 Å². The van der Waals surface area contributed by atoms with Crippen LogP contribution < -0.4 is 0 Å². The topological polar surface area (TPSA) is 92.1 Å². The van der Waals surface area contributed by atoms with E-state index in [0.717, 1.165) is 118 Å². The molecule has 0 aliphatic carbocycles. The Morgan fingerprint density at radius 1 is 0.289 bits per heavy atom. The molecule has 6 aromatic heterocycles. The fraction of sp³-hybridized carbons (Fsp3) is 0. The van der Waals surface area contributed by atoms with Gasteiger partial charge < -0.3 is 15.0 Å². The van der Waals surface area contributed by atoms with E-state index in [1.165, 1.54) is 0 Å². The molecule has 1 radical (unpaired) electrons. The number of benzene rings is 10. The number of pyridine rings is 3. The summed E-state index contributed by atoms with van der Waals surface area (Å²) in [6.45, 7) is 0. The molecule has 12 heteroatoms. The summed E-state index contributed by atoms with van der Waals surface area (Å²) in [7, 11) is 1.67. The SMILES string of the molecule is [3H]P.[BiH2].[Ir+3].[c-]1ccccc1-c1ccccn1.[c-]1ccccc1-c1ccccn1.[c-]1ccccc1-c1ccccn1.c1ccc(-n2c(-c3cc(-c4nc5ccccc5n4-c4ccccc4)cc(-c4nc5ccccc5n4-c4ccccc4)c3)nc3ccccc32)cc1. The van der Waals surface area contributed by atoms with Gasteiger partial charge in [-0.15, -0.1) is 108 Å². The van der Waals surface area contributed by atoms with Crippen molar-refractivity contribution in [1.29, 1.82) is 1.28 Å². The normalized spacial score (nSPS) is 10.5. The summed E-state index contributed by atoms with van der Waals surface area (Å²) in [5.74, 6) is 2.53. The Morgan fingerprint density at radius 2 is 0.544 bits per heavy atom. The van der Waals surface area contributed by atoms with Crippen LogP contribution in [0.5, 0.6) is 0 Å². The van der Waals surface area contributed by atoms with Gasteiger partial charge in [0.25, 0.3) is 0 Å². The predicted molar refractivity (Wildman–Crippen MR) is 372 cm³/mol. The van der Waals surface area contributed by atoms with Crippen molar-refractivity contribution in [3.05, 3.63) is 346 Å². The van der Waals surface area contributed by atoms with Gasteiger partial charge in [0.15, 0.2) is 0 Å². The van der Waals surface area contributed by atoms with Crippen molar-refractivity contribution in [2.45, 2.75) is 0 Å². The Bertz CT molecular complexity index is 4230. The van der Waals surface area contributed by atoms with Crippen molar-refractivity contribution in [3.63, 3.8) is 0 Å². The van der Waals surface area contributed by atoms with E-state index in [2.05, 4.69) is 192 Å². The van der Waals surface area contributed by atoms with E-state index in [1.807, 2.05) is 164 Å². The van der Waals surface area contributed by atoms with Crippen LogP contribution in [-0.2, 0) is 20.1 Å². The third-order valence-electron chi connectivity index (χ3n) is 14.4. The smallest absolute Gasteiger partial charge is 0.305 e. The monoisotopic (exact) mass is 1560 g/mol. The van der Waals surface area contributed by atoms with Crippen molar-refractivity contribution in [2.24, 2.45) is 0 Å². The van der Waals surface area contributed by atoms with Gasteiger partial charge in [-0.1, -0.05) is 127 Å². The molecule has 0 saturated heterocycles. The molecule has 16 rings (SSSR count). The quantitative estimate of drug-likeness (QED) is 0.0812. The summed E-state index contributed by atoms with van der Waals surface area (Å²) >= 11 is 0. The first-order chi connectivity index (χ1) is 44.2. The van der Waals surface area contributed by atoms with Crippen LogP contribution in [0.25, 0.3) is 118 Å². The first-order valence-electron chi connectivity index (χ1n) is 29.2. The number of rotatable bonds is 9. The molecule has 0 N–H and O–H groups in total. The fourth-order valence-corrected chi connectivity index (χ4v) is 10.4. The van der Waals surface area contributed by atoms with E-state index in [0.29, 0.717) is 0 Å². The maximum Gasteiger partial charge on any atom is 3.00 e. The molecule has 0 bridgehead atoms. The Hall–Kier alpha value is -9.98. The van der Waals surface area contributed by atoms with Crippen LogP contribution >= 0.6 is 9.84 Å². The van der Waals surface area contributed by atoms with Gasteiger partial charge in [0.05, 0.1) is 34.4 Å². The van der Waals surface area contributed by atoms with Gasteiger partial charge >= 0.3 is 46.3 Å². The van der Waals surface area contributed by atoms with E-state index < -0.39 is 0 Å². The van der Waals surface area contributed by atoms with Crippen molar-refractivity contribution >= 4 is 69.1 Å². The second-order valence-electron chi connectivity index (χ2n) is 20.1. The summed E-state index contributed by atoms with van der Waals surface area (Å²) in [6.07, 6.45) is 5.36. The van der Waals surface area contributed by atoms with Crippen LogP contribution in [0, 0.1) is 18.2 Å². The van der Waals surface area contributed by atoms with Crippen LogP contribution in [0.2, 0.25) is 0 Å². The standard InChI is InChI=1S/C45H30N6.3C11H8N.Bi.Ir.H3P.2H/c1-4-16-34(17-5-1)49-40-25-13-10-22-37(40)46-43(49)31-28-32(44-47-38-23-11-14-26-41(38)50(44)35-18-6-2-7-19-35)30-33(29-31)45-48-39-24-12-15-27-42(39)51(45)36-20-8-3-9-21-36;3*1-2-6-10(7-3-1)11-8-4-5-9-12-11;;;;;/h1-30H;3*1-6,8-9H;;;1H3;;/q;3*-1;;+3;;;/i;;;;;;1T;;. The van der Waals surface area contributed by atoms with Gasteiger partial charge in [0.2, 0.25) is 0 Å². The first kappa shape index (κ1) is 61.7. The van der Waals surface area contributed by atoms with Crippen LogP contribution in [0.4, 0.5) is 0 Å². The van der Waals surface area contributed by atoms with Crippen molar-refractivity contribution in [3.8, 4) is 85.0 Å². The maximum atomic E-state index is 5.67. The number of fused-ring (bicyclic) bond motifs is 3. The molecule has 1 unspecified atom stereocenters. The van der Waals surface area contributed by atoms with Crippen LogP contribution in [-0.4, -0.2) is 71.1 Å². The van der Waals surface area contributed by atoms with Crippen molar-refractivity contribution in [2.75, 3.05) is 0 Å². The molecule has 16 aromatic rings. The van der Waals surface area contributed by atoms with E-state index in [-0.39, 0.29) is 46.3 Å². The number of nitrogens with zero attached hydrogens (tertiary/aromatic N) is 9. The number of para-hydroxylation sites is 9. The average molecular weight is 1560 g/mol. The molecule has 0 saturated carbocycles. The Morgan fingerprint density at radius 3 is 0.800 bits per heavy atom. The average Bonchev–Trinajstić information content (AvgIpc) is 1.64. The minimum atomic E-state index is 0. The van der Waals surface area contributed by atoms with Crippen LogP contribution in [0.15, 0.2) is 328 Å². The van der Waals surface area contributed by atoms with Crippen molar-refractivity contribution in [1.82, 2.24) is 43.6 Å². The first-order valence-corrected chi connectivity index (χ1v) is 28.6. The molecule has 9 nitrogen and oxygen atoms in total. The van der Waals surface area contributed by atoms with Gasteiger partial charge in [-0.2, -0.15) is 9.84 Å². The zero-order valence-corrected chi connectivity index (χ0v) is 56.7. The number of hydrogen-bond donors (Lipinski definition) is 0. The minimum Gasteiger partial charge on any atom is -0.305 e. The molecule has 6 heterocycles. The molecule has 10 aromatic carbocycles. The Kier molecular flexibility index (Phi) is 21.1. The number of imidazole rings is 3. The molecule has 90 heavy (non-hydrogen) atoms. The molecule has 435 valence electrons. The molecule has 0 amide bonds. The minimum absolute atomic E-state index is 0. The third-order valence-corrected chi connectivity index (χ3v) is 14.4. The number of aromatic nitrogens is 9. The fourth-order valence-electron chi connectivity index (χ4n) is 10.4. The Labute approximate surface area is 561 Å². The molecule has 0 fully saturated rings. The molecule has 0 spiro atoms. The van der Waals surface area contributed by atoms with Crippen LogP contribution in [0.1, 0.15) is 0 Å². The zero-order valence-electron chi connectivity index (χ0n) is 49.7. The number of hydrogen-bond acceptors (Lipinski definition) is 6. The van der Waals surface area contributed by atoms with Crippen LogP contribution in [0.3, 0.4) is 0 Å². The second-order valence-corrected chi connectivity index (χ2v) is 20.1. The van der Waals surface area contributed by atoms with Gasteiger partial charge in [0, 0.05) is 52.3 Å². The van der Waals surface area contributed by atoms with Gasteiger partial charge in [-0.05, 0) is 126 Å². The third kappa shape index (κ3) is 14.4. The molecular weight excluding hydrogens is 1500 g/mol. The van der Waals surface area contributed by atoms with E-state index in [1.54, 1.807) is 28.4 Å². The summed E-state index contributed by atoms with van der Waals surface area (Å²) in [6, 6.07) is 113. The molecule has 1 atom stereocenters. The van der Waals surface area contributed by atoms with Gasteiger partial charge in [-0.25, -0.2) is 15.0 Å². The molecule has 0 aliphatic heterocycles. The molecule has 0 aliphatic rings. The Balaban J connectivity index is 0.000000182. The molecular formula is C78H59BiIrN9P. The van der Waals surface area contributed by atoms with E-state index >= 15 is 0 Å². The largest absolute Gasteiger partial charge is 3.00 e. The van der Waals surface area contributed by atoms with E-state index in [4.69, 9.17) is 16.2 Å². The summed E-state index contributed by atoms with van der Waals surface area (Å²) in [5.41, 5.74) is 17.9.